The number of hydrogen-bond acceptors (Lipinski definition) is 4. The topological polar surface area (TPSA) is 44.2 Å². The van der Waals surface area contributed by atoms with E-state index in [1.54, 1.807) is 0 Å². The van der Waals surface area contributed by atoms with E-state index in [4.69, 9.17) is 9.47 Å². The monoisotopic (exact) mass is 208 g/mol. The molecule has 1 aliphatic heterocycles. The van der Waals surface area contributed by atoms with Crippen molar-refractivity contribution in [1.29, 1.82) is 0 Å². The van der Waals surface area contributed by atoms with Crippen LogP contribution in [0.25, 0.3) is 0 Å². The van der Waals surface area contributed by atoms with Crippen LogP contribution in [0.4, 0.5) is 0 Å². The first-order valence-electron chi connectivity index (χ1n) is 5.33. The maximum absolute atomic E-state index is 5.65. The standard InChI is InChI=1S/C11H16N2O2/c1-3-9-6-12-8(2)13-11(9)10-7-14-4-5-15-10/h6,10H,3-5,7H2,1-2H3. The average Bonchev–Trinajstić information content (AvgIpc) is 2.30. The molecule has 1 fully saturated rings. The molecule has 4 heteroatoms. The van der Waals surface area contributed by atoms with E-state index in [1.807, 2.05) is 13.1 Å². The summed E-state index contributed by atoms with van der Waals surface area (Å²) in [5.41, 5.74) is 2.14. The summed E-state index contributed by atoms with van der Waals surface area (Å²) in [6, 6.07) is 0. The highest BCUT2D eigenvalue weighted by atomic mass is 16.6. The Kier molecular flexibility index (Phi) is 3.28. The van der Waals surface area contributed by atoms with Crippen molar-refractivity contribution in [2.75, 3.05) is 19.8 Å². The molecule has 0 amide bonds. The lowest BCUT2D eigenvalue weighted by molar-refractivity contribution is -0.0921. The third kappa shape index (κ3) is 2.33. The third-order valence-corrected chi connectivity index (χ3v) is 2.52. The molecule has 2 rings (SSSR count). The number of rotatable bonds is 2. The van der Waals surface area contributed by atoms with Crippen molar-refractivity contribution >= 4 is 0 Å². The van der Waals surface area contributed by atoms with Gasteiger partial charge in [-0.15, -0.1) is 0 Å². The predicted octanol–water partition coefficient (Wildman–Crippen LogP) is 1.44. The largest absolute Gasteiger partial charge is 0.376 e. The Labute approximate surface area is 89.6 Å². The highest BCUT2D eigenvalue weighted by Gasteiger charge is 2.20. The highest BCUT2D eigenvalue weighted by molar-refractivity contribution is 5.20. The second-order valence-electron chi connectivity index (χ2n) is 3.62. The number of aromatic nitrogens is 2. The van der Waals surface area contributed by atoms with Gasteiger partial charge in [-0.1, -0.05) is 6.92 Å². The molecule has 82 valence electrons. The van der Waals surface area contributed by atoms with Crippen molar-refractivity contribution in [2.45, 2.75) is 26.4 Å². The van der Waals surface area contributed by atoms with Gasteiger partial charge in [-0.05, 0) is 18.9 Å². The Balaban J connectivity index is 2.27. The highest BCUT2D eigenvalue weighted by Crippen LogP contribution is 2.22. The Morgan fingerprint density at radius 3 is 3.00 bits per heavy atom. The molecule has 0 spiro atoms. The molecule has 4 nitrogen and oxygen atoms in total. The zero-order chi connectivity index (χ0) is 10.7. The lowest BCUT2D eigenvalue weighted by Crippen LogP contribution is -2.24. The molecule has 0 radical (unpaired) electrons. The van der Waals surface area contributed by atoms with Gasteiger partial charge in [0.2, 0.25) is 0 Å². The van der Waals surface area contributed by atoms with Crippen molar-refractivity contribution in [1.82, 2.24) is 9.97 Å². The number of aryl methyl sites for hydroxylation is 2. The molecule has 1 saturated heterocycles. The van der Waals surface area contributed by atoms with Crippen LogP contribution >= 0.6 is 0 Å². The Morgan fingerprint density at radius 1 is 1.47 bits per heavy atom. The van der Waals surface area contributed by atoms with Crippen LogP contribution in [0.15, 0.2) is 6.20 Å². The van der Waals surface area contributed by atoms with Gasteiger partial charge in [-0.2, -0.15) is 0 Å². The molecule has 2 heterocycles. The Morgan fingerprint density at radius 2 is 2.33 bits per heavy atom. The van der Waals surface area contributed by atoms with Gasteiger partial charge >= 0.3 is 0 Å². The van der Waals surface area contributed by atoms with E-state index in [2.05, 4.69) is 16.9 Å². The normalized spacial score (nSPS) is 21.6. The first kappa shape index (κ1) is 10.5. The average molecular weight is 208 g/mol. The quantitative estimate of drug-likeness (QED) is 0.737. The van der Waals surface area contributed by atoms with Crippen LogP contribution in [0.1, 0.15) is 30.1 Å². The molecule has 1 aromatic rings. The van der Waals surface area contributed by atoms with Crippen LogP contribution < -0.4 is 0 Å². The molecule has 0 N–H and O–H groups in total. The molecule has 0 saturated carbocycles. The van der Waals surface area contributed by atoms with Gasteiger partial charge in [0.25, 0.3) is 0 Å². The SMILES string of the molecule is CCc1cnc(C)nc1C1COCCO1. The predicted molar refractivity (Wildman–Crippen MR) is 55.7 cm³/mol. The fraction of sp³-hybridized carbons (Fsp3) is 0.636. The maximum Gasteiger partial charge on any atom is 0.125 e. The van der Waals surface area contributed by atoms with E-state index < -0.39 is 0 Å². The van der Waals surface area contributed by atoms with E-state index >= 15 is 0 Å². The summed E-state index contributed by atoms with van der Waals surface area (Å²) in [5.74, 6) is 0.788. The third-order valence-electron chi connectivity index (χ3n) is 2.52. The molecule has 1 unspecified atom stereocenters. The first-order chi connectivity index (χ1) is 7.31. The van der Waals surface area contributed by atoms with Crippen LogP contribution in [0.3, 0.4) is 0 Å². The number of nitrogens with zero attached hydrogens (tertiary/aromatic N) is 2. The van der Waals surface area contributed by atoms with Gasteiger partial charge < -0.3 is 9.47 Å². The lowest BCUT2D eigenvalue weighted by atomic mass is 10.1. The van der Waals surface area contributed by atoms with E-state index in [0.717, 1.165) is 23.5 Å². The van der Waals surface area contributed by atoms with Crippen molar-refractivity contribution in [3.63, 3.8) is 0 Å². The summed E-state index contributed by atoms with van der Waals surface area (Å²) in [6.45, 7) is 5.93. The van der Waals surface area contributed by atoms with Crippen LogP contribution in [-0.4, -0.2) is 29.8 Å². The number of ether oxygens (including phenoxy) is 2. The first-order valence-corrected chi connectivity index (χ1v) is 5.33. The Bertz CT molecular complexity index is 335. The molecule has 1 aromatic heterocycles. The van der Waals surface area contributed by atoms with E-state index in [-0.39, 0.29) is 6.10 Å². The minimum absolute atomic E-state index is 0.0181. The molecular weight excluding hydrogens is 192 g/mol. The zero-order valence-electron chi connectivity index (χ0n) is 9.19. The van der Waals surface area contributed by atoms with Crippen molar-refractivity contribution in [3.8, 4) is 0 Å². The molecule has 1 atom stereocenters. The van der Waals surface area contributed by atoms with Gasteiger partial charge in [0, 0.05) is 6.20 Å². The van der Waals surface area contributed by atoms with Crippen molar-refractivity contribution < 1.29 is 9.47 Å². The van der Waals surface area contributed by atoms with Gasteiger partial charge in [0.15, 0.2) is 0 Å². The van der Waals surface area contributed by atoms with Crippen molar-refractivity contribution in [3.05, 3.63) is 23.3 Å². The fourth-order valence-corrected chi connectivity index (χ4v) is 1.71. The smallest absolute Gasteiger partial charge is 0.125 e. The second kappa shape index (κ2) is 4.68. The lowest BCUT2D eigenvalue weighted by Gasteiger charge is -2.24. The maximum atomic E-state index is 5.65. The zero-order valence-corrected chi connectivity index (χ0v) is 9.19. The number of hydrogen-bond donors (Lipinski definition) is 0. The molecular formula is C11H16N2O2. The van der Waals surface area contributed by atoms with Crippen molar-refractivity contribution in [2.24, 2.45) is 0 Å². The molecule has 0 aromatic carbocycles. The minimum atomic E-state index is -0.0181. The van der Waals surface area contributed by atoms with E-state index in [9.17, 15) is 0 Å². The summed E-state index contributed by atoms with van der Waals surface area (Å²) in [6.07, 6.45) is 2.79. The molecule has 0 bridgehead atoms. The summed E-state index contributed by atoms with van der Waals surface area (Å²) < 4.78 is 11.0. The van der Waals surface area contributed by atoms with Gasteiger partial charge in [-0.25, -0.2) is 9.97 Å². The van der Waals surface area contributed by atoms with Crippen LogP contribution in [0, 0.1) is 6.92 Å². The molecule has 15 heavy (non-hydrogen) atoms. The van der Waals surface area contributed by atoms with Gasteiger partial charge in [0.1, 0.15) is 11.9 Å². The minimum Gasteiger partial charge on any atom is -0.376 e. The second-order valence-corrected chi connectivity index (χ2v) is 3.62. The molecule has 1 aliphatic rings. The van der Waals surface area contributed by atoms with Gasteiger partial charge in [0.05, 0.1) is 25.5 Å². The summed E-state index contributed by atoms with van der Waals surface area (Å²) in [5, 5.41) is 0. The summed E-state index contributed by atoms with van der Waals surface area (Å²) >= 11 is 0. The fourth-order valence-electron chi connectivity index (χ4n) is 1.71. The van der Waals surface area contributed by atoms with E-state index in [1.165, 1.54) is 0 Å². The van der Waals surface area contributed by atoms with Crippen LogP contribution in [-0.2, 0) is 15.9 Å². The van der Waals surface area contributed by atoms with E-state index in [0.29, 0.717) is 19.8 Å². The summed E-state index contributed by atoms with van der Waals surface area (Å²) in [7, 11) is 0. The summed E-state index contributed by atoms with van der Waals surface area (Å²) in [4.78, 5) is 8.65. The molecule has 0 aliphatic carbocycles. The van der Waals surface area contributed by atoms with Crippen LogP contribution in [0.5, 0.6) is 0 Å². The van der Waals surface area contributed by atoms with Gasteiger partial charge in [-0.3, -0.25) is 0 Å². The Hall–Kier alpha value is -1.00. The van der Waals surface area contributed by atoms with Crippen LogP contribution in [0.2, 0.25) is 0 Å².